The van der Waals surface area contributed by atoms with Crippen molar-refractivity contribution in [2.45, 2.75) is 21.6 Å². The lowest BCUT2D eigenvalue weighted by atomic mass is 10.2. The monoisotopic (exact) mass is 402 g/mol. The molecule has 0 saturated heterocycles. The predicted octanol–water partition coefficient (Wildman–Crippen LogP) is 0.509. The highest BCUT2D eigenvalue weighted by molar-refractivity contribution is 7.91. The highest BCUT2D eigenvalue weighted by Gasteiger charge is 2.23. The van der Waals surface area contributed by atoms with Gasteiger partial charge in [0.15, 0.2) is 0 Å². The number of sulfone groups is 1. The van der Waals surface area contributed by atoms with Crippen molar-refractivity contribution in [1.29, 1.82) is 0 Å². The SMILES string of the molecule is Cc1ccc(S(=O)(=O)c2ccc(Cl)cc2)cc1S(=O)(=O)NCC(=O)[O-]. The van der Waals surface area contributed by atoms with Crippen LogP contribution in [0.25, 0.3) is 0 Å². The minimum atomic E-state index is -4.21. The van der Waals surface area contributed by atoms with Crippen LogP contribution in [0.4, 0.5) is 0 Å². The number of hydrogen-bond acceptors (Lipinski definition) is 6. The highest BCUT2D eigenvalue weighted by Crippen LogP contribution is 2.26. The number of sulfonamides is 1. The number of nitrogens with one attached hydrogen (secondary N) is 1. The number of benzene rings is 2. The maximum atomic E-state index is 12.6. The molecular formula is C15H13ClNO6S2-. The quantitative estimate of drug-likeness (QED) is 0.751. The third-order valence-electron chi connectivity index (χ3n) is 3.29. The van der Waals surface area contributed by atoms with Crippen LogP contribution < -0.4 is 9.83 Å². The zero-order valence-corrected chi connectivity index (χ0v) is 15.3. The minimum Gasteiger partial charge on any atom is -0.549 e. The molecule has 0 atom stereocenters. The van der Waals surface area contributed by atoms with Crippen LogP contribution in [0.1, 0.15) is 5.56 Å². The van der Waals surface area contributed by atoms with E-state index in [-0.39, 0.29) is 20.2 Å². The molecule has 0 fully saturated rings. The summed E-state index contributed by atoms with van der Waals surface area (Å²) in [4.78, 5) is 9.84. The Morgan fingerprint density at radius 2 is 1.60 bits per heavy atom. The van der Waals surface area contributed by atoms with Crippen molar-refractivity contribution >= 4 is 37.4 Å². The second-order valence-corrected chi connectivity index (χ2v) is 9.20. The summed E-state index contributed by atoms with van der Waals surface area (Å²) in [6, 6.07) is 9.01. The molecule has 0 saturated carbocycles. The van der Waals surface area contributed by atoms with E-state index in [4.69, 9.17) is 11.6 Å². The summed E-state index contributed by atoms with van der Waals surface area (Å²) < 4.78 is 51.5. The number of carbonyl (C=O) groups is 1. The van der Waals surface area contributed by atoms with Gasteiger partial charge in [0, 0.05) is 5.02 Å². The van der Waals surface area contributed by atoms with Crippen LogP contribution in [-0.4, -0.2) is 29.3 Å². The zero-order chi connectivity index (χ0) is 18.8. The molecule has 0 aromatic heterocycles. The number of hydrogen-bond donors (Lipinski definition) is 1. The fraction of sp³-hybridized carbons (Fsp3) is 0.133. The lowest BCUT2D eigenvalue weighted by Gasteiger charge is -2.12. The van der Waals surface area contributed by atoms with E-state index < -0.39 is 32.4 Å². The normalized spacial score (nSPS) is 12.1. The molecule has 0 unspecified atom stereocenters. The molecule has 2 rings (SSSR count). The van der Waals surface area contributed by atoms with E-state index in [9.17, 15) is 26.7 Å². The molecule has 0 bridgehead atoms. The van der Waals surface area contributed by atoms with Gasteiger partial charge in [-0.15, -0.1) is 0 Å². The van der Waals surface area contributed by atoms with Gasteiger partial charge in [-0.25, -0.2) is 21.6 Å². The fourth-order valence-corrected chi connectivity index (χ4v) is 4.74. The van der Waals surface area contributed by atoms with Crippen molar-refractivity contribution in [2.24, 2.45) is 0 Å². The Bertz CT molecular complexity index is 1010. The average Bonchev–Trinajstić information content (AvgIpc) is 2.53. The molecule has 0 aliphatic heterocycles. The molecule has 25 heavy (non-hydrogen) atoms. The molecule has 0 aliphatic rings. The first-order chi connectivity index (χ1) is 11.5. The van der Waals surface area contributed by atoms with Gasteiger partial charge in [-0.05, 0) is 48.9 Å². The average molecular weight is 403 g/mol. The number of carboxylic acid groups (broad SMARTS) is 1. The maximum Gasteiger partial charge on any atom is 0.241 e. The predicted molar refractivity (Wildman–Crippen MR) is 88.3 cm³/mol. The summed E-state index contributed by atoms with van der Waals surface area (Å²) in [5, 5.41) is 10.8. The summed E-state index contributed by atoms with van der Waals surface area (Å²) >= 11 is 5.74. The van der Waals surface area contributed by atoms with E-state index in [0.717, 1.165) is 6.07 Å². The van der Waals surface area contributed by atoms with Gasteiger partial charge in [0.25, 0.3) is 0 Å². The second kappa shape index (κ2) is 7.12. The van der Waals surface area contributed by atoms with Gasteiger partial charge >= 0.3 is 0 Å². The molecule has 2 aromatic carbocycles. The van der Waals surface area contributed by atoms with Crippen LogP contribution in [0.15, 0.2) is 57.2 Å². The number of carbonyl (C=O) groups excluding carboxylic acids is 1. The Balaban J connectivity index is 2.51. The topological polar surface area (TPSA) is 120 Å². The third kappa shape index (κ3) is 4.37. The number of aryl methyl sites for hydroxylation is 1. The van der Waals surface area contributed by atoms with E-state index in [1.165, 1.54) is 43.3 Å². The van der Waals surface area contributed by atoms with Crippen LogP contribution in [0, 0.1) is 6.92 Å². The Morgan fingerprint density at radius 3 is 2.16 bits per heavy atom. The Kier molecular flexibility index (Phi) is 5.52. The van der Waals surface area contributed by atoms with Gasteiger partial charge in [0.05, 0.1) is 27.2 Å². The number of carboxylic acids is 1. The van der Waals surface area contributed by atoms with Gasteiger partial charge in [0.1, 0.15) is 0 Å². The molecule has 10 heteroatoms. The van der Waals surface area contributed by atoms with Crippen LogP contribution in [0.5, 0.6) is 0 Å². The molecule has 1 N–H and O–H groups in total. The zero-order valence-electron chi connectivity index (χ0n) is 12.9. The highest BCUT2D eigenvalue weighted by atomic mass is 35.5. The van der Waals surface area contributed by atoms with Crippen molar-refractivity contribution in [3.05, 3.63) is 53.1 Å². The number of halogens is 1. The number of rotatable bonds is 6. The fourth-order valence-electron chi connectivity index (χ4n) is 2.02. The molecule has 7 nitrogen and oxygen atoms in total. The molecule has 0 spiro atoms. The van der Waals surface area contributed by atoms with Crippen molar-refractivity contribution in [3.63, 3.8) is 0 Å². The van der Waals surface area contributed by atoms with Gasteiger partial charge in [0.2, 0.25) is 19.9 Å². The second-order valence-electron chi connectivity index (χ2n) is 5.08. The van der Waals surface area contributed by atoms with Crippen LogP contribution in [0.3, 0.4) is 0 Å². The smallest absolute Gasteiger partial charge is 0.241 e. The molecule has 2 aromatic rings. The molecule has 0 amide bonds. The van der Waals surface area contributed by atoms with E-state index in [1.807, 2.05) is 4.72 Å². The first-order valence-corrected chi connectivity index (χ1v) is 10.2. The number of aliphatic carboxylic acids is 1. The lowest BCUT2D eigenvalue weighted by molar-refractivity contribution is -0.303. The van der Waals surface area contributed by atoms with Gasteiger partial charge in [-0.2, -0.15) is 0 Å². The Hall–Kier alpha value is -1.94. The Morgan fingerprint density at radius 1 is 1.04 bits per heavy atom. The summed E-state index contributed by atoms with van der Waals surface area (Å²) in [6.45, 7) is 0.544. The van der Waals surface area contributed by atoms with Crippen molar-refractivity contribution in [3.8, 4) is 0 Å². The Labute approximate surface area is 150 Å². The van der Waals surface area contributed by atoms with E-state index >= 15 is 0 Å². The van der Waals surface area contributed by atoms with E-state index in [0.29, 0.717) is 5.02 Å². The van der Waals surface area contributed by atoms with E-state index in [2.05, 4.69) is 0 Å². The van der Waals surface area contributed by atoms with E-state index in [1.54, 1.807) is 0 Å². The van der Waals surface area contributed by atoms with Crippen LogP contribution in [0.2, 0.25) is 5.02 Å². The van der Waals surface area contributed by atoms with Crippen molar-refractivity contribution < 1.29 is 26.7 Å². The summed E-state index contributed by atoms with van der Waals surface area (Å²) in [6.07, 6.45) is 0. The maximum absolute atomic E-state index is 12.6. The van der Waals surface area contributed by atoms with Crippen molar-refractivity contribution in [2.75, 3.05) is 6.54 Å². The molecule has 0 radical (unpaired) electrons. The van der Waals surface area contributed by atoms with Crippen LogP contribution >= 0.6 is 11.6 Å². The van der Waals surface area contributed by atoms with Crippen LogP contribution in [-0.2, 0) is 24.7 Å². The molecule has 0 heterocycles. The van der Waals surface area contributed by atoms with Gasteiger partial charge < -0.3 is 9.90 Å². The molecule has 134 valence electrons. The largest absolute Gasteiger partial charge is 0.549 e. The summed E-state index contributed by atoms with van der Waals surface area (Å²) in [5.41, 5.74) is 0.265. The summed E-state index contributed by atoms with van der Waals surface area (Å²) in [5.74, 6) is -1.61. The van der Waals surface area contributed by atoms with Crippen molar-refractivity contribution in [1.82, 2.24) is 4.72 Å². The molecular weight excluding hydrogens is 390 g/mol. The first kappa shape index (κ1) is 19.4. The minimum absolute atomic E-state index is 0.0493. The van der Waals surface area contributed by atoms with Gasteiger partial charge in [-0.3, -0.25) is 0 Å². The van der Waals surface area contributed by atoms with Gasteiger partial charge in [-0.1, -0.05) is 17.7 Å². The molecule has 0 aliphatic carbocycles. The first-order valence-electron chi connectivity index (χ1n) is 6.85. The lowest BCUT2D eigenvalue weighted by Crippen LogP contribution is -2.37. The standard InChI is InChI=1S/C15H14ClNO6S2/c1-10-2-5-13(8-14(10)25(22,23)17-9-15(18)19)24(20,21)12-6-3-11(16)4-7-12/h2-8,17H,9H2,1H3,(H,18,19)/p-1. The third-order valence-corrected chi connectivity index (χ3v) is 6.85. The summed E-state index contributed by atoms with van der Waals surface area (Å²) in [7, 11) is -8.18.